The normalized spacial score (nSPS) is 11.3. The third kappa shape index (κ3) is 5.45. The van der Waals surface area contributed by atoms with E-state index in [2.05, 4.69) is 15.2 Å². The highest BCUT2D eigenvalue weighted by molar-refractivity contribution is 7.92. The lowest BCUT2D eigenvalue weighted by molar-refractivity contribution is 0.0955. The molecule has 2 aromatic carbocycles. The molecule has 0 spiro atoms. The molecular weight excluding hydrogens is 394 g/mol. The number of hydrazone groups is 1. The molecule has 1 amide bonds. The minimum absolute atomic E-state index is 0.107. The van der Waals surface area contributed by atoms with Gasteiger partial charge in [-0.3, -0.25) is 9.52 Å². The number of anilines is 1. The van der Waals surface area contributed by atoms with Crippen molar-refractivity contribution in [2.75, 3.05) is 11.3 Å². The van der Waals surface area contributed by atoms with Crippen LogP contribution in [0, 0.1) is 0 Å². The van der Waals surface area contributed by atoms with Crippen molar-refractivity contribution in [2.24, 2.45) is 5.10 Å². The lowest BCUT2D eigenvalue weighted by Crippen LogP contribution is -2.18. The molecule has 0 radical (unpaired) electrons. The molecule has 0 aliphatic heterocycles. The molecule has 0 fully saturated rings. The van der Waals surface area contributed by atoms with Gasteiger partial charge < -0.3 is 9.15 Å². The fourth-order valence-electron chi connectivity index (χ4n) is 2.37. The van der Waals surface area contributed by atoms with E-state index in [0.717, 1.165) is 0 Å². The van der Waals surface area contributed by atoms with Gasteiger partial charge in [0, 0.05) is 11.3 Å². The number of sulfonamides is 1. The summed E-state index contributed by atoms with van der Waals surface area (Å²) in [7, 11) is -3.76. The zero-order valence-corrected chi connectivity index (χ0v) is 16.3. The van der Waals surface area contributed by atoms with Crippen molar-refractivity contribution < 1.29 is 22.4 Å². The Balaban J connectivity index is 1.62. The third-order valence-electron chi connectivity index (χ3n) is 3.75. The van der Waals surface area contributed by atoms with Gasteiger partial charge in [0.15, 0.2) is 0 Å². The second-order valence-electron chi connectivity index (χ2n) is 5.80. The number of furan rings is 1. The Kier molecular flexibility index (Phi) is 6.30. The molecule has 0 aliphatic rings. The van der Waals surface area contributed by atoms with Crippen LogP contribution in [0.15, 0.2) is 81.3 Å². The Hall–Kier alpha value is -3.59. The number of ether oxygens (including phenoxy) is 1. The van der Waals surface area contributed by atoms with E-state index in [9.17, 15) is 13.2 Å². The average molecular weight is 413 g/mol. The van der Waals surface area contributed by atoms with Gasteiger partial charge in [-0.1, -0.05) is 0 Å². The predicted molar refractivity (Wildman–Crippen MR) is 109 cm³/mol. The molecule has 3 rings (SSSR count). The molecule has 0 saturated carbocycles. The molecule has 0 aliphatic carbocycles. The van der Waals surface area contributed by atoms with E-state index in [-0.39, 0.29) is 4.90 Å². The van der Waals surface area contributed by atoms with Crippen molar-refractivity contribution in [1.82, 2.24) is 5.43 Å². The summed E-state index contributed by atoms with van der Waals surface area (Å²) in [5.74, 6) is 0.662. The summed E-state index contributed by atoms with van der Waals surface area (Å²) in [5, 5.41) is 3.79. The van der Waals surface area contributed by atoms with Gasteiger partial charge in [-0.15, -0.1) is 0 Å². The van der Waals surface area contributed by atoms with Crippen LogP contribution in [0.1, 0.15) is 23.0 Å². The average Bonchev–Trinajstić information content (AvgIpc) is 3.22. The van der Waals surface area contributed by atoms with Gasteiger partial charge in [0.2, 0.25) is 0 Å². The number of benzene rings is 2. The lowest BCUT2D eigenvalue weighted by Gasteiger charge is -2.09. The highest BCUT2D eigenvalue weighted by Gasteiger charge is 2.14. The van der Waals surface area contributed by atoms with Gasteiger partial charge in [0.25, 0.3) is 15.9 Å². The van der Waals surface area contributed by atoms with Crippen LogP contribution in [-0.2, 0) is 10.0 Å². The standard InChI is InChI=1S/C20H19N3O5S/c1-2-27-17-9-11-19(12-10-17)29(25,26)23-16-7-5-15(6-8-16)20(24)22-21-14-18-4-3-13-28-18/h3-14,23H,2H2,1H3,(H,22,24)/b21-14-. The molecule has 3 aromatic rings. The van der Waals surface area contributed by atoms with Crippen molar-refractivity contribution in [3.63, 3.8) is 0 Å². The summed E-state index contributed by atoms with van der Waals surface area (Å²) < 4.78 is 37.8. The maximum atomic E-state index is 12.5. The lowest BCUT2D eigenvalue weighted by atomic mass is 10.2. The van der Waals surface area contributed by atoms with Crippen molar-refractivity contribution in [2.45, 2.75) is 11.8 Å². The van der Waals surface area contributed by atoms with Crippen LogP contribution in [-0.4, -0.2) is 27.1 Å². The zero-order chi connectivity index (χ0) is 20.7. The predicted octanol–water partition coefficient (Wildman–Crippen LogP) is 3.24. The number of hydrogen-bond donors (Lipinski definition) is 2. The Morgan fingerprint density at radius 2 is 1.83 bits per heavy atom. The van der Waals surface area contributed by atoms with E-state index in [1.54, 1.807) is 24.3 Å². The maximum absolute atomic E-state index is 12.5. The first-order valence-corrected chi connectivity index (χ1v) is 10.2. The molecule has 0 atom stereocenters. The van der Waals surface area contributed by atoms with Gasteiger partial charge in [0.05, 0.1) is 24.0 Å². The van der Waals surface area contributed by atoms with Gasteiger partial charge in [-0.05, 0) is 67.6 Å². The largest absolute Gasteiger partial charge is 0.494 e. The van der Waals surface area contributed by atoms with E-state index >= 15 is 0 Å². The SMILES string of the molecule is CCOc1ccc(S(=O)(=O)Nc2ccc(C(=O)N/N=C\c3ccco3)cc2)cc1. The fourth-order valence-corrected chi connectivity index (χ4v) is 3.43. The topological polar surface area (TPSA) is 110 Å². The summed E-state index contributed by atoms with van der Waals surface area (Å²) in [6, 6.07) is 15.5. The Morgan fingerprint density at radius 1 is 1.10 bits per heavy atom. The van der Waals surface area contributed by atoms with Crippen LogP contribution in [0.2, 0.25) is 0 Å². The number of rotatable bonds is 8. The molecule has 9 heteroatoms. The van der Waals surface area contributed by atoms with Crippen LogP contribution in [0.3, 0.4) is 0 Å². The van der Waals surface area contributed by atoms with Crippen LogP contribution in [0.25, 0.3) is 0 Å². The molecule has 29 heavy (non-hydrogen) atoms. The van der Waals surface area contributed by atoms with Crippen molar-refractivity contribution in [1.29, 1.82) is 0 Å². The molecule has 0 bridgehead atoms. The highest BCUT2D eigenvalue weighted by atomic mass is 32.2. The molecule has 150 valence electrons. The number of hydrogen-bond acceptors (Lipinski definition) is 6. The number of nitrogens with zero attached hydrogens (tertiary/aromatic N) is 1. The van der Waals surface area contributed by atoms with E-state index in [0.29, 0.717) is 29.4 Å². The first kappa shape index (κ1) is 20.2. The van der Waals surface area contributed by atoms with E-state index in [4.69, 9.17) is 9.15 Å². The minimum atomic E-state index is -3.76. The molecular formula is C20H19N3O5S. The zero-order valence-electron chi connectivity index (χ0n) is 15.5. The van der Waals surface area contributed by atoms with E-state index < -0.39 is 15.9 Å². The molecule has 2 N–H and O–H groups in total. The Bertz CT molecular complexity index is 1070. The second-order valence-corrected chi connectivity index (χ2v) is 7.48. The van der Waals surface area contributed by atoms with Gasteiger partial charge in [-0.25, -0.2) is 13.8 Å². The molecule has 0 unspecified atom stereocenters. The smallest absolute Gasteiger partial charge is 0.271 e. The van der Waals surface area contributed by atoms with Crippen molar-refractivity contribution in [3.8, 4) is 5.75 Å². The quantitative estimate of drug-likeness (QED) is 0.435. The summed E-state index contributed by atoms with van der Waals surface area (Å²) in [5.41, 5.74) is 3.02. The van der Waals surface area contributed by atoms with Gasteiger partial charge in [-0.2, -0.15) is 5.10 Å². The second kappa shape index (κ2) is 9.07. The van der Waals surface area contributed by atoms with E-state index in [1.165, 1.54) is 48.9 Å². The summed E-state index contributed by atoms with van der Waals surface area (Å²) >= 11 is 0. The van der Waals surface area contributed by atoms with Crippen LogP contribution in [0.5, 0.6) is 5.75 Å². The fraction of sp³-hybridized carbons (Fsp3) is 0.100. The first-order valence-electron chi connectivity index (χ1n) is 8.70. The van der Waals surface area contributed by atoms with E-state index in [1.807, 2.05) is 6.92 Å². The van der Waals surface area contributed by atoms with Gasteiger partial charge >= 0.3 is 0 Å². The monoisotopic (exact) mass is 413 g/mol. The first-order chi connectivity index (χ1) is 14.0. The molecule has 0 saturated heterocycles. The molecule has 1 aromatic heterocycles. The van der Waals surface area contributed by atoms with Crippen molar-refractivity contribution in [3.05, 3.63) is 78.3 Å². The molecule has 8 nitrogen and oxygen atoms in total. The number of carbonyl (C=O) groups is 1. The number of carbonyl (C=O) groups excluding carboxylic acids is 1. The summed E-state index contributed by atoms with van der Waals surface area (Å²) in [6.07, 6.45) is 2.87. The maximum Gasteiger partial charge on any atom is 0.271 e. The van der Waals surface area contributed by atoms with Crippen LogP contribution >= 0.6 is 0 Å². The van der Waals surface area contributed by atoms with Crippen molar-refractivity contribution >= 4 is 27.8 Å². The number of nitrogens with one attached hydrogen (secondary N) is 2. The van der Waals surface area contributed by atoms with Crippen LogP contribution < -0.4 is 14.9 Å². The summed E-state index contributed by atoms with van der Waals surface area (Å²) in [6.45, 7) is 2.35. The molecule has 1 heterocycles. The third-order valence-corrected chi connectivity index (χ3v) is 5.14. The van der Waals surface area contributed by atoms with Gasteiger partial charge in [0.1, 0.15) is 11.5 Å². The Labute approximate surface area is 168 Å². The Morgan fingerprint density at radius 3 is 2.45 bits per heavy atom. The van der Waals surface area contributed by atoms with Crippen LogP contribution in [0.4, 0.5) is 5.69 Å². The summed E-state index contributed by atoms with van der Waals surface area (Å²) in [4.78, 5) is 12.2. The minimum Gasteiger partial charge on any atom is -0.494 e. The highest BCUT2D eigenvalue weighted by Crippen LogP contribution is 2.19. The number of amides is 1.